The molecule has 10 aliphatic rings. The van der Waals surface area contributed by atoms with Gasteiger partial charge in [-0.3, -0.25) is 19.2 Å². The molecular formula is C80H153F3KNO25SSi8. The quantitative estimate of drug-likeness (QED) is 0.0180. The van der Waals surface area contributed by atoms with E-state index < -0.39 is 125 Å². The molecule has 688 valence electrons. The van der Waals surface area contributed by atoms with Crippen LogP contribution in [0.25, 0.3) is 4.72 Å². The van der Waals surface area contributed by atoms with Gasteiger partial charge in [0.1, 0.15) is 12.2 Å². The van der Waals surface area contributed by atoms with Crippen LogP contribution in [0.4, 0.5) is 13.2 Å². The largest absolute Gasteiger partial charge is 1.00 e. The minimum absolute atomic E-state index is 0. The van der Waals surface area contributed by atoms with Gasteiger partial charge in [0.25, 0.3) is 0 Å². The van der Waals surface area contributed by atoms with Gasteiger partial charge in [0.2, 0.25) is 0 Å². The standard InChI is InChI=1S/C37H80O14Si8.C18H26F3NO5S.C14H26O2.C11H22O4.K/c1-18-37(16,17)36(38)39-20-19-21-52-40-53(22-29(2)3)43-56(25-32(8)9)45-54(41-52,23-30(4)5)47-58(27-34(12)13)48-55(42-52,24-31(6)7)46-57(44-53,26-33(10)11)50-59(49-56,51-58)28-35(14)15;1-4-15(2,3)14(24)27-17-8-11-5-12(9-17)7-16(6-11,10-17)13(23)22-28(25,26)18(19,20)21;1-4-6-7-8-9-10-11-12-16-14(15)13(3)5-2;1-5-11(2,3)10(12)15-9-8-14-7-6-13-4;/h29-35H,18-28H2,1-17H3;11-12H,4-10H2,1-3H3,(H,22,23);4,13H,1,5-12H2,2-3H3;5-9H2,1-4H3;/q;;;;+1/p-1. The van der Waals surface area contributed by atoms with Crippen molar-refractivity contribution in [3.8, 4) is 0 Å². The number of carbonyl (C=O) groups excluding carboxylic acids is 5. The van der Waals surface area contributed by atoms with Crippen LogP contribution in [0.3, 0.4) is 0 Å². The van der Waals surface area contributed by atoms with Gasteiger partial charge in [0.05, 0.1) is 61.1 Å². The van der Waals surface area contributed by atoms with Gasteiger partial charge in [-0.25, -0.2) is 8.42 Å². The Labute approximate surface area is 764 Å². The van der Waals surface area contributed by atoms with Crippen LogP contribution in [0, 0.1) is 80.8 Å². The second-order valence-corrected chi connectivity index (χ2v) is 64.7. The minimum Gasteiger partial charge on any atom is -0.538 e. The van der Waals surface area contributed by atoms with Crippen molar-refractivity contribution < 1.29 is 175 Å². The number of alkyl halides is 3. The zero-order chi connectivity index (χ0) is 89.2. The number of methoxy groups -OCH3 is 1. The molecule has 0 radical (unpaired) electrons. The first-order valence-electron chi connectivity index (χ1n) is 43.9. The summed E-state index contributed by atoms with van der Waals surface area (Å²) >= 11 is 0. The van der Waals surface area contributed by atoms with Crippen molar-refractivity contribution in [1.29, 1.82) is 0 Å². The van der Waals surface area contributed by atoms with E-state index in [0.717, 1.165) is 38.5 Å². The summed E-state index contributed by atoms with van der Waals surface area (Å²) in [4.78, 5) is 61.3. The number of amides is 1. The molecule has 0 N–H and O–H groups in total. The maximum atomic E-state index is 13.2. The van der Waals surface area contributed by atoms with Gasteiger partial charge in [-0.1, -0.05) is 157 Å². The van der Waals surface area contributed by atoms with E-state index in [-0.39, 0.29) is 160 Å². The van der Waals surface area contributed by atoms with Gasteiger partial charge in [-0.15, -0.1) is 6.58 Å². The predicted molar refractivity (Wildman–Crippen MR) is 460 cm³/mol. The van der Waals surface area contributed by atoms with E-state index in [1.54, 1.807) is 21.0 Å². The van der Waals surface area contributed by atoms with Gasteiger partial charge < -0.3 is 87.3 Å². The first-order chi connectivity index (χ1) is 54.5. The first-order valence-corrected chi connectivity index (χ1v) is 60.8. The number of allylic oxidation sites excluding steroid dienone is 1. The molecule has 4 aliphatic carbocycles. The first kappa shape index (κ1) is 111. The minimum atomic E-state index is -5.89. The van der Waals surface area contributed by atoms with Gasteiger partial charge in [0.15, 0.2) is 10.0 Å². The Bertz CT molecular complexity index is 3180. The average molecular weight is 1880 g/mol. The second-order valence-electron chi connectivity index (χ2n) is 39.0. The van der Waals surface area contributed by atoms with Crippen LogP contribution in [0.15, 0.2) is 12.7 Å². The van der Waals surface area contributed by atoms with Crippen molar-refractivity contribution in [2.45, 2.75) is 342 Å². The Balaban J connectivity index is 0.000000405. The van der Waals surface area contributed by atoms with Crippen molar-refractivity contribution in [2.24, 2.45) is 80.8 Å². The van der Waals surface area contributed by atoms with Crippen LogP contribution in [-0.4, -0.2) is 166 Å². The van der Waals surface area contributed by atoms with E-state index in [2.05, 4.69) is 108 Å². The molecule has 39 heteroatoms. The maximum absolute atomic E-state index is 13.2. The van der Waals surface area contributed by atoms with Crippen molar-refractivity contribution in [3.05, 3.63) is 17.4 Å². The normalized spacial score (nSPS) is 30.4. The van der Waals surface area contributed by atoms with Gasteiger partial charge >= 0.3 is 151 Å². The van der Waals surface area contributed by atoms with Gasteiger partial charge in [-0.05, 0) is 185 Å². The summed E-state index contributed by atoms with van der Waals surface area (Å²) in [5, 5.41) is 0. The Morgan fingerprint density at radius 1 is 0.462 bits per heavy atom. The molecule has 3 unspecified atom stereocenters. The predicted octanol–water partition coefficient (Wildman–Crippen LogP) is 16.5. The topological polar surface area (TPSA) is 300 Å². The van der Waals surface area contributed by atoms with E-state index in [4.69, 9.17) is 77.8 Å². The Kier molecular flexibility index (Phi) is 43.3. The summed E-state index contributed by atoms with van der Waals surface area (Å²) in [6.45, 7) is 57.1. The Hall–Kier alpha value is -0.359. The number of sulfonamides is 1. The number of nitrogens with zero attached hydrogens (tertiary/aromatic N) is 1. The monoisotopic (exact) mass is 1880 g/mol. The van der Waals surface area contributed by atoms with Crippen LogP contribution in [-0.2, 0) is 112 Å². The Morgan fingerprint density at radius 3 is 1.13 bits per heavy atom. The fourth-order valence-electron chi connectivity index (χ4n) is 16.1. The van der Waals surface area contributed by atoms with E-state index in [1.165, 1.54) is 19.3 Å². The van der Waals surface area contributed by atoms with Crippen molar-refractivity contribution in [1.82, 2.24) is 0 Å². The third kappa shape index (κ3) is 32.3. The SMILES string of the molecule is C=CCCCCCCCOC(=O)C(C)CC.CCC(C)(C)C(=O)OC12CC3CC(C1)CC(C(=O)[N-]S(=O)(=O)C(F)(F)F)(C3)C2.CCC(C)(C)C(=O)OCCC[Si]12O[Si]3(CC(C)C)O[Si]4(CC(C)C)O[Si](CC(C)C)(O1)O[Si]1(CC(C)C)O[Si](CC(C)C)(O2)O[Si](CC(C)C)(O3)O[Si](CC(C)C)(O4)O1.CCC(C)(C)C(=O)OCCOCCOC.[K+]. The number of hydrogen-bond acceptors (Lipinski definition) is 25. The van der Waals surface area contributed by atoms with Crippen LogP contribution < -0.4 is 51.4 Å². The molecule has 1 amide bonds. The molecule has 0 spiro atoms. The van der Waals surface area contributed by atoms with E-state index >= 15 is 0 Å². The third-order valence-electron chi connectivity index (χ3n) is 22.5. The summed E-state index contributed by atoms with van der Waals surface area (Å²) in [7, 11) is -36.2. The zero-order valence-corrected chi connectivity index (χ0v) is 89.6. The van der Waals surface area contributed by atoms with Gasteiger partial charge in [0, 0.05) is 60.9 Å². The summed E-state index contributed by atoms with van der Waals surface area (Å²) in [6, 6.07) is 3.39. The molecule has 6 saturated heterocycles. The third-order valence-corrected chi connectivity index (χ3v) is 63.5. The van der Waals surface area contributed by atoms with E-state index in [1.807, 2.05) is 68.4 Å². The molecule has 0 aromatic rings. The number of hydrogen-bond donors (Lipinski definition) is 0. The molecule has 0 aromatic heterocycles. The molecule has 26 nitrogen and oxygen atoms in total. The molecule has 10 rings (SSSR count). The van der Waals surface area contributed by atoms with Crippen molar-refractivity contribution >= 4 is 110 Å². The second kappa shape index (κ2) is 46.4. The molecular weight excluding hydrogens is 1730 g/mol. The van der Waals surface area contributed by atoms with Crippen LogP contribution in [0.2, 0.25) is 48.4 Å². The van der Waals surface area contributed by atoms with E-state index in [0.29, 0.717) is 107 Å². The molecule has 6 heterocycles. The van der Waals surface area contributed by atoms with E-state index in [9.17, 15) is 45.6 Å². The van der Waals surface area contributed by atoms with Crippen LogP contribution in [0.5, 0.6) is 0 Å². The molecule has 4 saturated carbocycles. The Morgan fingerprint density at radius 2 is 0.790 bits per heavy atom. The summed E-state index contributed by atoms with van der Waals surface area (Å²) in [5.41, 5.74) is -9.57. The zero-order valence-electron chi connectivity index (χ0n) is 77.7. The molecule has 10 fully saturated rings. The summed E-state index contributed by atoms with van der Waals surface area (Å²) in [5.74, 6) is -1.45. The molecule has 119 heavy (non-hydrogen) atoms. The smallest absolute Gasteiger partial charge is 0.538 e. The molecule has 6 aliphatic heterocycles. The number of carbonyl (C=O) groups is 5. The molecule has 0 aromatic carbocycles. The number of ether oxygens (including phenoxy) is 6. The number of esters is 4. The van der Waals surface area contributed by atoms with Crippen LogP contribution >= 0.6 is 0 Å². The summed E-state index contributed by atoms with van der Waals surface area (Å²) in [6.07, 6.45) is 14.7. The molecule has 12 bridgehead atoms. The maximum Gasteiger partial charge on any atom is 1.00 e. The fourth-order valence-corrected chi connectivity index (χ4v) is 68.2. The van der Waals surface area contributed by atoms with Crippen molar-refractivity contribution in [2.75, 3.05) is 46.8 Å². The number of unbranched alkanes of at least 4 members (excludes halogenated alkanes) is 5. The number of halogens is 3. The number of rotatable bonds is 43. The fraction of sp³-hybridized carbons (Fsp3) is 0.912. The molecule has 3 atom stereocenters. The van der Waals surface area contributed by atoms with Crippen molar-refractivity contribution in [3.63, 3.8) is 0 Å². The van der Waals surface area contributed by atoms with Gasteiger partial charge in [-0.2, -0.15) is 13.2 Å². The summed E-state index contributed by atoms with van der Waals surface area (Å²) < 4.78 is 189. The average Bonchev–Trinajstić information content (AvgIpc) is 0.684. The van der Waals surface area contributed by atoms with Crippen LogP contribution in [0.1, 0.15) is 282 Å².